The zero-order chi connectivity index (χ0) is 20.7. The van der Waals surface area contributed by atoms with E-state index in [1.165, 1.54) is 12.4 Å². The maximum atomic E-state index is 12.8. The Morgan fingerprint density at radius 1 is 1.23 bits per heavy atom. The van der Waals surface area contributed by atoms with Gasteiger partial charge in [0.2, 0.25) is 0 Å². The lowest BCUT2D eigenvalue weighted by molar-refractivity contribution is -0.00354. The Labute approximate surface area is 168 Å². The molecule has 0 spiro atoms. The van der Waals surface area contributed by atoms with Gasteiger partial charge in [-0.1, -0.05) is 6.07 Å². The minimum atomic E-state index is -2.69. The third-order valence-electron chi connectivity index (χ3n) is 4.83. The second kappa shape index (κ2) is 7.30. The quantitative estimate of drug-likeness (QED) is 0.527. The van der Waals surface area contributed by atoms with E-state index in [2.05, 4.69) is 25.4 Å². The van der Waals surface area contributed by atoms with E-state index in [4.69, 9.17) is 4.74 Å². The van der Waals surface area contributed by atoms with Gasteiger partial charge < -0.3 is 15.0 Å². The van der Waals surface area contributed by atoms with Crippen molar-refractivity contribution in [2.45, 2.75) is 12.6 Å². The van der Waals surface area contributed by atoms with Crippen molar-refractivity contribution in [2.24, 2.45) is 0 Å². The summed E-state index contributed by atoms with van der Waals surface area (Å²) in [6.07, 6.45) is 4.29. The number of aromatic nitrogens is 5. The first-order chi connectivity index (χ1) is 14.6. The molecule has 5 rings (SSSR count). The summed E-state index contributed by atoms with van der Waals surface area (Å²) in [7, 11) is 0. The van der Waals surface area contributed by atoms with Gasteiger partial charge in [-0.15, -0.1) is 0 Å². The van der Waals surface area contributed by atoms with Gasteiger partial charge in [0.15, 0.2) is 0 Å². The van der Waals surface area contributed by atoms with Crippen LogP contribution in [0.2, 0.25) is 0 Å². The Morgan fingerprint density at radius 3 is 2.83 bits per heavy atom. The number of pyridine rings is 2. The summed E-state index contributed by atoms with van der Waals surface area (Å²) in [6.45, 7) is -1.67. The monoisotopic (exact) mass is 410 g/mol. The smallest absolute Gasteiger partial charge is 0.333 e. The number of nitrogens with one attached hydrogen (secondary N) is 2. The molecule has 0 aliphatic carbocycles. The number of ether oxygens (including phenoxy) is 1. The first kappa shape index (κ1) is 18.4. The molecule has 8 nitrogen and oxygen atoms in total. The van der Waals surface area contributed by atoms with Crippen LogP contribution in [-0.4, -0.2) is 49.9 Å². The van der Waals surface area contributed by atoms with E-state index in [1.54, 1.807) is 24.4 Å². The van der Waals surface area contributed by atoms with E-state index in [1.807, 2.05) is 12.1 Å². The second-order valence-corrected chi connectivity index (χ2v) is 6.95. The van der Waals surface area contributed by atoms with Gasteiger partial charge in [0.25, 0.3) is 5.91 Å². The molecule has 0 atom stereocenters. The zero-order valence-corrected chi connectivity index (χ0v) is 15.5. The number of hydrogen-bond donors (Lipinski definition) is 2. The second-order valence-electron chi connectivity index (χ2n) is 6.95. The number of fused-ring (bicyclic) bond motifs is 1. The number of carbonyl (C=O) groups excluding carboxylic acids is 1. The maximum Gasteiger partial charge on any atom is 0.333 e. The van der Waals surface area contributed by atoms with Gasteiger partial charge in [-0.05, 0) is 24.3 Å². The van der Waals surface area contributed by atoms with Crippen molar-refractivity contribution >= 4 is 16.9 Å². The Hall–Kier alpha value is -3.66. The molecule has 0 unspecified atom stereocenters. The van der Waals surface area contributed by atoms with Gasteiger partial charge in [0.1, 0.15) is 11.3 Å². The Balaban J connectivity index is 1.43. The summed E-state index contributed by atoms with van der Waals surface area (Å²) in [5.74, 6) is -0.251. The van der Waals surface area contributed by atoms with Crippen molar-refractivity contribution in [3.63, 3.8) is 0 Å². The number of H-pyrrole nitrogens is 1. The van der Waals surface area contributed by atoms with Gasteiger partial charge in [0, 0.05) is 28.9 Å². The van der Waals surface area contributed by atoms with Crippen molar-refractivity contribution in [3.8, 4) is 22.5 Å². The third kappa shape index (κ3) is 3.41. The standard InChI is InChI=1S/C20H16F2N6O2/c21-20(22)28-8-13(7-24-28)17-5-11-4-12(6-23-18(11)27-17)15-2-1-3-16(26-15)19(29)25-14-9-30-10-14/h1-8,14,20H,9-10H2,(H,23,27)(H,25,29). The zero-order valence-electron chi connectivity index (χ0n) is 15.5. The molecule has 4 aromatic heterocycles. The molecule has 0 aromatic carbocycles. The van der Waals surface area contributed by atoms with Gasteiger partial charge in [-0.25, -0.2) is 14.6 Å². The fourth-order valence-electron chi connectivity index (χ4n) is 3.20. The lowest BCUT2D eigenvalue weighted by Crippen LogP contribution is -2.48. The van der Waals surface area contributed by atoms with Gasteiger partial charge in [0.05, 0.1) is 36.8 Å². The minimum Gasteiger partial charge on any atom is -0.377 e. The average molecular weight is 410 g/mol. The number of alkyl halides is 2. The maximum absolute atomic E-state index is 12.8. The molecule has 152 valence electrons. The Bertz CT molecular complexity index is 1230. The molecule has 4 aromatic rings. The van der Waals surface area contributed by atoms with E-state index in [0.29, 0.717) is 46.2 Å². The van der Waals surface area contributed by atoms with E-state index < -0.39 is 6.55 Å². The van der Waals surface area contributed by atoms with Crippen LogP contribution in [0.4, 0.5) is 8.78 Å². The highest BCUT2D eigenvalue weighted by Crippen LogP contribution is 2.27. The lowest BCUT2D eigenvalue weighted by Gasteiger charge is -2.26. The van der Waals surface area contributed by atoms with Crippen LogP contribution < -0.4 is 5.32 Å². The molecule has 1 saturated heterocycles. The van der Waals surface area contributed by atoms with Crippen LogP contribution in [0, 0.1) is 0 Å². The van der Waals surface area contributed by atoms with E-state index >= 15 is 0 Å². The van der Waals surface area contributed by atoms with E-state index in [-0.39, 0.29) is 11.9 Å². The van der Waals surface area contributed by atoms with Crippen LogP contribution in [0.1, 0.15) is 17.0 Å². The number of carbonyl (C=O) groups is 1. The Morgan fingerprint density at radius 2 is 2.10 bits per heavy atom. The summed E-state index contributed by atoms with van der Waals surface area (Å²) in [5, 5.41) is 7.31. The van der Waals surface area contributed by atoms with Crippen molar-refractivity contribution in [2.75, 3.05) is 13.2 Å². The molecule has 10 heteroatoms. The van der Waals surface area contributed by atoms with Crippen LogP contribution in [0.5, 0.6) is 0 Å². The topological polar surface area (TPSA) is 97.7 Å². The molecule has 5 heterocycles. The first-order valence-corrected chi connectivity index (χ1v) is 9.24. The summed E-state index contributed by atoms with van der Waals surface area (Å²) in [5.41, 5.74) is 3.43. The summed E-state index contributed by atoms with van der Waals surface area (Å²) in [4.78, 5) is 24.3. The van der Waals surface area contributed by atoms with Crippen molar-refractivity contribution < 1.29 is 18.3 Å². The number of halogens is 2. The summed E-state index contributed by atoms with van der Waals surface area (Å²) >= 11 is 0. The molecule has 0 saturated carbocycles. The summed E-state index contributed by atoms with van der Waals surface area (Å²) < 4.78 is 31.2. The number of hydrogen-bond acceptors (Lipinski definition) is 5. The molecule has 2 N–H and O–H groups in total. The van der Waals surface area contributed by atoms with Crippen LogP contribution in [0.15, 0.2) is 48.9 Å². The fourth-order valence-corrected chi connectivity index (χ4v) is 3.20. The first-order valence-electron chi connectivity index (χ1n) is 9.24. The molecule has 1 aliphatic heterocycles. The number of rotatable bonds is 5. The molecule has 0 radical (unpaired) electrons. The predicted molar refractivity (Wildman–Crippen MR) is 104 cm³/mol. The normalized spacial score (nSPS) is 14.2. The highest BCUT2D eigenvalue weighted by molar-refractivity contribution is 5.93. The summed E-state index contributed by atoms with van der Waals surface area (Å²) in [6, 6.07) is 8.93. The predicted octanol–water partition coefficient (Wildman–Crippen LogP) is 3.01. The molecular formula is C20H16F2N6O2. The average Bonchev–Trinajstić information content (AvgIpc) is 3.37. The SMILES string of the molecule is O=C(NC1COC1)c1cccc(-c2cnc3[nH]c(-c4cnn(C(F)F)c4)cc3c2)n1. The fraction of sp³-hybridized carbons (Fsp3) is 0.200. The molecule has 1 fully saturated rings. The molecule has 1 amide bonds. The number of amides is 1. The van der Waals surface area contributed by atoms with E-state index in [0.717, 1.165) is 10.9 Å². The van der Waals surface area contributed by atoms with Gasteiger partial charge in [-0.2, -0.15) is 13.9 Å². The van der Waals surface area contributed by atoms with E-state index in [9.17, 15) is 13.6 Å². The lowest BCUT2D eigenvalue weighted by atomic mass is 10.1. The number of nitrogens with zero attached hydrogens (tertiary/aromatic N) is 4. The van der Waals surface area contributed by atoms with Crippen molar-refractivity contribution in [1.29, 1.82) is 0 Å². The van der Waals surface area contributed by atoms with Crippen LogP contribution >= 0.6 is 0 Å². The van der Waals surface area contributed by atoms with Crippen LogP contribution in [0.25, 0.3) is 33.5 Å². The van der Waals surface area contributed by atoms with Crippen molar-refractivity contribution in [3.05, 3.63) is 54.6 Å². The highest BCUT2D eigenvalue weighted by atomic mass is 19.3. The molecule has 30 heavy (non-hydrogen) atoms. The third-order valence-corrected chi connectivity index (χ3v) is 4.83. The van der Waals surface area contributed by atoms with Gasteiger partial charge >= 0.3 is 6.55 Å². The molecule has 1 aliphatic rings. The molecule has 0 bridgehead atoms. The van der Waals surface area contributed by atoms with Crippen LogP contribution in [-0.2, 0) is 4.74 Å². The minimum absolute atomic E-state index is 0.0219. The van der Waals surface area contributed by atoms with Crippen molar-refractivity contribution in [1.82, 2.24) is 30.0 Å². The van der Waals surface area contributed by atoms with Crippen LogP contribution in [0.3, 0.4) is 0 Å². The molecular weight excluding hydrogens is 394 g/mol. The van der Waals surface area contributed by atoms with Gasteiger partial charge in [-0.3, -0.25) is 4.79 Å². The Kier molecular flexibility index (Phi) is 4.47. The highest BCUT2D eigenvalue weighted by Gasteiger charge is 2.21. The largest absolute Gasteiger partial charge is 0.377 e. The number of aromatic amines is 1.